The van der Waals surface area contributed by atoms with Crippen LogP contribution in [0.1, 0.15) is 28.0 Å². The first kappa shape index (κ1) is 13.8. The standard InChI is InChI=1S/C13H11Cl2N3OS/c1-7-9(14)5-11-8(12(7)15)3-2-4-18(11)13(19)10-6-20-17-16-10/h5-6H,2-4H2,1H3. The molecule has 0 fully saturated rings. The molecule has 1 aliphatic rings. The van der Waals surface area contributed by atoms with Crippen LogP contribution in [0.2, 0.25) is 10.0 Å². The zero-order valence-corrected chi connectivity index (χ0v) is 13.0. The minimum Gasteiger partial charge on any atom is -0.307 e. The summed E-state index contributed by atoms with van der Waals surface area (Å²) in [5.74, 6) is -0.157. The Morgan fingerprint density at radius 2 is 2.25 bits per heavy atom. The molecule has 1 aromatic heterocycles. The molecule has 4 nitrogen and oxygen atoms in total. The molecule has 20 heavy (non-hydrogen) atoms. The number of amides is 1. The average molecular weight is 328 g/mol. The van der Waals surface area contributed by atoms with Crippen molar-refractivity contribution in [1.82, 2.24) is 9.59 Å². The van der Waals surface area contributed by atoms with Gasteiger partial charge in [0.2, 0.25) is 0 Å². The molecule has 1 aliphatic heterocycles. The highest BCUT2D eigenvalue weighted by Crippen LogP contribution is 2.39. The first-order valence-electron chi connectivity index (χ1n) is 6.16. The fourth-order valence-corrected chi connectivity index (χ4v) is 3.35. The van der Waals surface area contributed by atoms with Crippen LogP contribution in [0.15, 0.2) is 11.4 Å². The number of aromatic nitrogens is 2. The summed E-state index contributed by atoms with van der Waals surface area (Å²) in [5, 5.41) is 6.71. The molecule has 1 aromatic carbocycles. The summed E-state index contributed by atoms with van der Waals surface area (Å²) in [7, 11) is 0. The van der Waals surface area contributed by atoms with Crippen molar-refractivity contribution in [3.8, 4) is 0 Å². The second-order valence-corrected chi connectivity index (χ2v) is 6.04. The van der Waals surface area contributed by atoms with Gasteiger partial charge in [-0.1, -0.05) is 27.7 Å². The Morgan fingerprint density at radius 3 is 2.95 bits per heavy atom. The van der Waals surface area contributed by atoms with Gasteiger partial charge >= 0.3 is 0 Å². The lowest BCUT2D eigenvalue weighted by atomic mass is 9.99. The highest BCUT2D eigenvalue weighted by Gasteiger charge is 2.27. The fraction of sp³-hybridized carbons (Fsp3) is 0.308. The molecule has 104 valence electrons. The Hall–Kier alpha value is -1.17. The summed E-state index contributed by atoms with van der Waals surface area (Å²) in [4.78, 5) is 14.2. The largest absolute Gasteiger partial charge is 0.307 e. The van der Waals surface area contributed by atoms with E-state index in [0.717, 1.165) is 41.2 Å². The van der Waals surface area contributed by atoms with Gasteiger partial charge in [0.15, 0.2) is 5.69 Å². The fourth-order valence-electron chi connectivity index (χ4n) is 2.38. The number of carbonyl (C=O) groups is 1. The van der Waals surface area contributed by atoms with Gasteiger partial charge in [0, 0.05) is 16.9 Å². The monoisotopic (exact) mass is 327 g/mol. The molecule has 0 atom stereocenters. The zero-order valence-electron chi connectivity index (χ0n) is 10.7. The number of halogens is 2. The number of nitrogens with zero attached hydrogens (tertiary/aromatic N) is 3. The van der Waals surface area contributed by atoms with Gasteiger partial charge in [-0.15, -0.1) is 5.10 Å². The molecule has 0 radical (unpaired) electrons. The molecule has 0 saturated carbocycles. The first-order chi connectivity index (χ1) is 9.59. The lowest BCUT2D eigenvalue weighted by Crippen LogP contribution is -2.36. The summed E-state index contributed by atoms with van der Waals surface area (Å²) >= 11 is 13.7. The topological polar surface area (TPSA) is 46.1 Å². The molecule has 2 heterocycles. The smallest absolute Gasteiger partial charge is 0.279 e. The number of hydrogen-bond acceptors (Lipinski definition) is 4. The van der Waals surface area contributed by atoms with Crippen LogP contribution in [-0.4, -0.2) is 22.0 Å². The summed E-state index contributed by atoms with van der Waals surface area (Å²) in [6, 6.07) is 1.81. The number of benzene rings is 1. The predicted octanol–water partition coefficient (Wildman–Crippen LogP) is 3.75. The maximum Gasteiger partial charge on any atom is 0.279 e. The van der Waals surface area contributed by atoms with Crippen molar-refractivity contribution in [2.75, 3.05) is 11.4 Å². The van der Waals surface area contributed by atoms with Gasteiger partial charge in [0.25, 0.3) is 5.91 Å². The zero-order chi connectivity index (χ0) is 14.3. The third-order valence-corrected chi connectivity index (χ3v) is 4.86. The van der Waals surface area contributed by atoms with Gasteiger partial charge in [-0.25, -0.2) is 0 Å². The van der Waals surface area contributed by atoms with E-state index >= 15 is 0 Å². The molecule has 0 saturated heterocycles. The van der Waals surface area contributed by atoms with Gasteiger partial charge in [0.05, 0.1) is 10.7 Å². The van der Waals surface area contributed by atoms with Crippen molar-refractivity contribution in [2.45, 2.75) is 19.8 Å². The quantitative estimate of drug-likeness (QED) is 0.801. The van der Waals surface area contributed by atoms with E-state index in [2.05, 4.69) is 9.59 Å². The van der Waals surface area contributed by atoms with Gasteiger partial charge in [-0.05, 0) is 48.5 Å². The minimum atomic E-state index is -0.157. The van der Waals surface area contributed by atoms with E-state index in [-0.39, 0.29) is 5.91 Å². The highest BCUT2D eigenvalue weighted by atomic mass is 35.5. The van der Waals surface area contributed by atoms with Crippen LogP contribution in [-0.2, 0) is 6.42 Å². The third kappa shape index (κ3) is 2.20. The second kappa shape index (κ2) is 5.31. The number of fused-ring (bicyclic) bond motifs is 1. The number of anilines is 1. The van der Waals surface area contributed by atoms with Crippen LogP contribution in [0.25, 0.3) is 0 Å². The Balaban J connectivity index is 2.09. The number of rotatable bonds is 1. The maximum absolute atomic E-state index is 12.5. The van der Waals surface area contributed by atoms with Gasteiger partial charge in [-0.2, -0.15) is 0 Å². The summed E-state index contributed by atoms with van der Waals surface area (Å²) in [6.07, 6.45) is 1.72. The molecule has 1 amide bonds. The van der Waals surface area contributed by atoms with Crippen molar-refractivity contribution >= 4 is 46.3 Å². The van der Waals surface area contributed by atoms with Crippen LogP contribution < -0.4 is 4.90 Å². The van der Waals surface area contributed by atoms with E-state index in [1.165, 1.54) is 0 Å². The Bertz CT molecular complexity index is 673. The van der Waals surface area contributed by atoms with Gasteiger partial charge in [0.1, 0.15) is 0 Å². The van der Waals surface area contributed by atoms with Crippen molar-refractivity contribution in [3.05, 3.63) is 38.3 Å². The SMILES string of the molecule is Cc1c(Cl)cc2c(c1Cl)CCCN2C(=O)c1csnn1. The van der Waals surface area contributed by atoms with Crippen LogP contribution in [0.4, 0.5) is 5.69 Å². The van der Waals surface area contributed by atoms with E-state index in [1.807, 2.05) is 13.0 Å². The van der Waals surface area contributed by atoms with Crippen LogP contribution in [0, 0.1) is 6.92 Å². The molecule has 0 bridgehead atoms. The first-order valence-corrected chi connectivity index (χ1v) is 7.75. The molecule has 0 aliphatic carbocycles. The van der Waals surface area contributed by atoms with E-state index in [0.29, 0.717) is 22.3 Å². The van der Waals surface area contributed by atoms with E-state index < -0.39 is 0 Å². The lowest BCUT2D eigenvalue weighted by molar-refractivity contribution is 0.0980. The van der Waals surface area contributed by atoms with Gasteiger partial charge in [-0.3, -0.25) is 4.79 Å². The summed E-state index contributed by atoms with van der Waals surface area (Å²) in [6.45, 7) is 2.52. The molecule has 0 N–H and O–H groups in total. The Labute approximate surface area is 130 Å². The van der Waals surface area contributed by atoms with Crippen LogP contribution in [0.5, 0.6) is 0 Å². The normalized spacial score (nSPS) is 14.2. The van der Waals surface area contributed by atoms with Crippen LogP contribution >= 0.6 is 34.7 Å². The molecular weight excluding hydrogens is 317 g/mol. The summed E-state index contributed by atoms with van der Waals surface area (Å²) < 4.78 is 3.74. The van der Waals surface area contributed by atoms with Crippen molar-refractivity contribution < 1.29 is 4.79 Å². The lowest BCUT2D eigenvalue weighted by Gasteiger charge is -2.30. The van der Waals surface area contributed by atoms with E-state index in [1.54, 1.807) is 10.3 Å². The molecular formula is C13H11Cl2N3OS. The Morgan fingerprint density at radius 1 is 1.45 bits per heavy atom. The van der Waals surface area contributed by atoms with E-state index in [4.69, 9.17) is 23.2 Å². The summed E-state index contributed by atoms with van der Waals surface area (Å²) in [5.41, 5.74) is 2.98. The molecule has 7 heteroatoms. The van der Waals surface area contributed by atoms with Crippen LogP contribution in [0.3, 0.4) is 0 Å². The second-order valence-electron chi connectivity index (χ2n) is 4.65. The van der Waals surface area contributed by atoms with Gasteiger partial charge < -0.3 is 4.90 Å². The average Bonchev–Trinajstić information content (AvgIpc) is 2.98. The predicted molar refractivity (Wildman–Crippen MR) is 81.1 cm³/mol. The molecule has 2 aromatic rings. The molecule has 0 spiro atoms. The van der Waals surface area contributed by atoms with Crippen molar-refractivity contribution in [3.63, 3.8) is 0 Å². The molecule has 0 unspecified atom stereocenters. The van der Waals surface area contributed by atoms with Crippen molar-refractivity contribution in [1.29, 1.82) is 0 Å². The maximum atomic E-state index is 12.5. The minimum absolute atomic E-state index is 0.157. The third-order valence-electron chi connectivity index (χ3n) is 3.45. The number of carbonyl (C=O) groups excluding carboxylic acids is 1. The molecule has 3 rings (SSSR count). The highest BCUT2D eigenvalue weighted by molar-refractivity contribution is 7.03. The van der Waals surface area contributed by atoms with E-state index in [9.17, 15) is 4.79 Å². The Kier molecular flexibility index (Phi) is 3.67. The van der Waals surface area contributed by atoms with Crippen molar-refractivity contribution in [2.24, 2.45) is 0 Å². The number of hydrogen-bond donors (Lipinski definition) is 0.